The van der Waals surface area contributed by atoms with Crippen molar-refractivity contribution in [3.05, 3.63) is 83.9 Å². The summed E-state index contributed by atoms with van der Waals surface area (Å²) in [4.78, 5) is 30.2. The Bertz CT molecular complexity index is 1080. The van der Waals surface area contributed by atoms with Crippen molar-refractivity contribution in [2.45, 2.75) is 20.0 Å². The summed E-state index contributed by atoms with van der Waals surface area (Å²) in [7, 11) is 0. The monoisotopic (exact) mass is 430 g/mol. The van der Waals surface area contributed by atoms with Gasteiger partial charge in [-0.1, -0.05) is 68.4 Å². The predicted molar refractivity (Wildman–Crippen MR) is 127 cm³/mol. The number of hydrogen-bond acceptors (Lipinski definition) is 3. The Balaban J connectivity index is 1.52. The van der Waals surface area contributed by atoms with Crippen LogP contribution < -0.4 is 0 Å². The molecule has 5 nitrogen and oxygen atoms in total. The quantitative estimate of drug-likeness (QED) is 0.579. The van der Waals surface area contributed by atoms with E-state index >= 15 is 0 Å². The normalized spacial score (nSPS) is 16.3. The van der Waals surface area contributed by atoms with E-state index in [0.717, 1.165) is 10.8 Å². The van der Waals surface area contributed by atoms with Gasteiger partial charge in [-0.05, 0) is 34.9 Å². The molecule has 0 saturated carbocycles. The second-order valence-electron chi connectivity index (χ2n) is 8.74. The highest BCUT2D eigenvalue weighted by molar-refractivity contribution is 6.07. The van der Waals surface area contributed by atoms with Gasteiger partial charge < -0.3 is 14.5 Å². The number of ether oxygens (including phenoxy) is 1. The molecule has 2 amide bonds. The molecule has 1 aliphatic rings. The molecule has 3 aromatic carbocycles. The van der Waals surface area contributed by atoms with E-state index in [9.17, 15) is 9.59 Å². The highest BCUT2D eigenvalue weighted by atomic mass is 16.5. The first-order valence-corrected chi connectivity index (χ1v) is 11.3. The molecular weight excluding hydrogens is 400 g/mol. The van der Waals surface area contributed by atoms with Crippen LogP contribution >= 0.6 is 0 Å². The van der Waals surface area contributed by atoms with Crippen LogP contribution in [0.15, 0.2) is 72.8 Å². The van der Waals surface area contributed by atoms with Crippen molar-refractivity contribution < 1.29 is 14.3 Å². The number of benzene rings is 3. The second kappa shape index (κ2) is 9.96. The van der Waals surface area contributed by atoms with Crippen LogP contribution in [0, 0.1) is 5.92 Å². The lowest BCUT2D eigenvalue weighted by atomic mass is 10.0. The average Bonchev–Trinajstić information content (AvgIpc) is 2.83. The molecule has 5 heteroatoms. The van der Waals surface area contributed by atoms with Crippen LogP contribution in [-0.4, -0.2) is 60.5 Å². The SMILES string of the molecule is CC(C)CN(CC1CN(C(=O)c2ccccc2)CCO1)C(=O)c1cccc2ccccc12. The van der Waals surface area contributed by atoms with Crippen molar-refractivity contribution in [2.24, 2.45) is 5.92 Å². The molecule has 1 fully saturated rings. The molecular formula is C27H30N2O3. The Kier molecular flexibility index (Phi) is 6.86. The van der Waals surface area contributed by atoms with E-state index in [4.69, 9.17) is 4.74 Å². The summed E-state index contributed by atoms with van der Waals surface area (Å²) in [6.07, 6.45) is -0.214. The zero-order chi connectivity index (χ0) is 22.5. The summed E-state index contributed by atoms with van der Waals surface area (Å²) in [6, 6.07) is 23.1. The highest BCUT2D eigenvalue weighted by Crippen LogP contribution is 2.21. The van der Waals surface area contributed by atoms with Gasteiger partial charge in [-0.3, -0.25) is 9.59 Å². The lowest BCUT2D eigenvalue weighted by Gasteiger charge is -2.36. The topological polar surface area (TPSA) is 49.9 Å². The summed E-state index contributed by atoms with van der Waals surface area (Å²) in [6.45, 7) is 6.82. The molecule has 3 aromatic rings. The smallest absolute Gasteiger partial charge is 0.254 e. The van der Waals surface area contributed by atoms with Crippen LogP contribution in [0.2, 0.25) is 0 Å². The molecule has 0 bridgehead atoms. The van der Waals surface area contributed by atoms with Crippen molar-refractivity contribution >= 4 is 22.6 Å². The van der Waals surface area contributed by atoms with E-state index in [-0.39, 0.29) is 17.9 Å². The van der Waals surface area contributed by atoms with Gasteiger partial charge in [0.15, 0.2) is 0 Å². The summed E-state index contributed by atoms with van der Waals surface area (Å²) >= 11 is 0. The maximum atomic E-state index is 13.6. The number of carbonyl (C=O) groups excluding carboxylic acids is 2. The van der Waals surface area contributed by atoms with Gasteiger partial charge in [0, 0.05) is 37.3 Å². The summed E-state index contributed by atoms with van der Waals surface area (Å²) < 4.78 is 5.99. The highest BCUT2D eigenvalue weighted by Gasteiger charge is 2.29. The van der Waals surface area contributed by atoms with Crippen molar-refractivity contribution in [3.63, 3.8) is 0 Å². The number of rotatable bonds is 6. The lowest BCUT2D eigenvalue weighted by molar-refractivity contribution is -0.0339. The number of nitrogens with zero attached hydrogens (tertiary/aromatic N) is 2. The van der Waals surface area contributed by atoms with Crippen LogP contribution in [0.3, 0.4) is 0 Å². The van der Waals surface area contributed by atoms with Crippen molar-refractivity contribution in [2.75, 3.05) is 32.8 Å². The number of amides is 2. The molecule has 0 spiro atoms. The largest absolute Gasteiger partial charge is 0.373 e. The fourth-order valence-electron chi connectivity index (χ4n) is 4.29. The fraction of sp³-hybridized carbons (Fsp3) is 0.333. The van der Waals surface area contributed by atoms with Gasteiger partial charge in [0.05, 0.1) is 12.7 Å². The zero-order valence-electron chi connectivity index (χ0n) is 18.7. The lowest BCUT2D eigenvalue weighted by Crippen LogP contribution is -2.51. The molecule has 0 radical (unpaired) electrons. The molecule has 32 heavy (non-hydrogen) atoms. The van der Waals surface area contributed by atoms with Crippen LogP contribution in [0.25, 0.3) is 10.8 Å². The number of hydrogen-bond donors (Lipinski definition) is 0. The second-order valence-corrected chi connectivity index (χ2v) is 8.74. The molecule has 1 unspecified atom stereocenters. The molecule has 1 aliphatic heterocycles. The molecule has 166 valence electrons. The molecule has 0 aromatic heterocycles. The maximum Gasteiger partial charge on any atom is 0.254 e. The predicted octanol–water partition coefficient (Wildman–Crippen LogP) is 4.48. The minimum Gasteiger partial charge on any atom is -0.373 e. The molecule has 0 N–H and O–H groups in total. The van der Waals surface area contributed by atoms with E-state index in [0.29, 0.717) is 49.8 Å². The van der Waals surface area contributed by atoms with Gasteiger partial charge >= 0.3 is 0 Å². The Labute approximate surface area is 189 Å². The van der Waals surface area contributed by atoms with Crippen molar-refractivity contribution in [1.29, 1.82) is 0 Å². The van der Waals surface area contributed by atoms with Gasteiger partial charge in [0.25, 0.3) is 11.8 Å². The summed E-state index contributed by atoms with van der Waals surface area (Å²) in [5.41, 5.74) is 1.38. The van der Waals surface area contributed by atoms with Gasteiger partial charge in [-0.15, -0.1) is 0 Å². The van der Waals surface area contributed by atoms with E-state index in [1.807, 2.05) is 82.6 Å². The third-order valence-corrected chi connectivity index (χ3v) is 5.76. The molecule has 1 atom stereocenters. The Morgan fingerprint density at radius 1 is 1.00 bits per heavy atom. The maximum absolute atomic E-state index is 13.6. The van der Waals surface area contributed by atoms with Gasteiger partial charge in [0.2, 0.25) is 0 Å². The minimum absolute atomic E-state index is 0.00519. The summed E-state index contributed by atoms with van der Waals surface area (Å²) in [5.74, 6) is 0.333. The fourth-order valence-corrected chi connectivity index (χ4v) is 4.29. The standard InChI is InChI=1S/C27H30N2O3/c1-20(2)17-29(27(31)25-14-8-12-21-9-6-7-13-24(21)25)19-23-18-28(15-16-32-23)26(30)22-10-4-3-5-11-22/h3-14,20,23H,15-19H2,1-2H3. The molecule has 1 heterocycles. The Morgan fingerprint density at radius 3 is 2.50 bits per heavy atom. The first-order chi connectivity index (χ1) is 15.5. The molecule has 4 rings (SSSR count). The Hall–Kier alpha value is -3.18. The third-order valence-electron chi connectivity index (χ3n) is 5.76. The van der Waals surface area contributed by atoms with E-state index in [1.54, 1.807) is 0 Å². The van der Waals surface area contributed by atoms with Crippen molar-refractivity contribution in [1.82, 2.24) is 9.80 Å². The number of carbonyl (C=O) groups is 2. The average molecular weight is 431 g/mol. The minimum atomic E-state index is -0.214. The number of morpholine rings is 1. The van der Waals surface area contributed by atoms with Gasteiger partial charge in [-0.25, -0.2) is 0 Å². The van der Waals surface area contributed by atoms with Crippen LogP contribution in [0.1, 0.15) is 34.6 Å². The van der Waals surface area contributed by atoms with Crippen LogP contribution in [-0.2, 0) is 4.74 Å². The zero-order valence-corrected chi connectivity index (χ0v) is 18.7. The van der Waals surface area contributed by atoms with E-state index < -0.39 is 0 Å². The van der Waals surface area contributed by atoms with Crippen LogP contribution in [0.4, 0.5) is 0 Å². The Morgan fingerprint density at radius 2 is 1.72 bits per heavy atom. The van der Waals surface area contributed by atoms with E-state index in [1.165, 1.54) is 0 Å². The molecule has 1 saturated heterocycles. The van der Waals surface area contributed by atoms with E-state index in [2.05, 4.69) is 13.8 Å². The van der Waals surface area contributed by atoms with Crippen LogP contribution in [0.5, 0.6) is 0 Å². The third kappa shape index (κ3) is 5.00. The van der Waals surface area contributed by atoms with Gasteiger partial charge in [0.1, 0.15) is 0 Å². The number of fused-ring (bicyclic) bond motifs is 1. The summed E-state index contributed by atoms with van der Waals surface area (Å²) in [5, 5.41) is 2.01. The van der Waals surface area contributed by atoms with Crippen molar-refractivity contribution in [3.8, 4) is 0 Å². The molecule has 0 aliphatic carbocycles. The first-order valence-electron chi connectivity index (χ1n) is 11.3. The first kappa shape index (κ1) is 22.0. The van der Waals surface area contributed by atoms with Gasteiger partial charge in [-0.2, -0.15) is 0 Å².